The van der Waals surface area contributed by atoms with Gasteiger partial charge in [-0.1, -0.05) is 60.7 Å². The lowest BCUT2D eigenvalue weighted by molar-refractivity contribution is 0.306. The van der Waals surface area contributed by atoms with Gasteiger partial charge in [-0.05, 0) is 70.3 Å². The predicted octanol–water partition coefficient (Wildman–Crippen LogP) is 5.73. The summed E-state index contributed by atoms with van der Waals surface area (Å²) < 4.78 is 13.5. The van der Waals surface area contributed by atoms with E-state index in [4.69, 9.17) is 0 Å². The van der Waals surface area contributed by atoms with Crippen LogP contribution < -0.4 is 0 Å². The standard InChI is InChI=1S/C26H24FN/c27-24-6-3-5-21(18-24)20-11-14-28(15-12-20)13-10-19-8-9-26-23(16-19)17-22-4-1-2-7-25(22)26/h1-9,11,16,18H,10,12-15,17H2. The molecule has 2 aliphatic rings. The highest BCUT2D eigenvalue weighted by Crippen LogP contribution is 2.36. The molecule has 2 heteroatoms. The van der Waals surface area contributed by atoms with Crippen molar-refractivity contribution in [1.82, 2.24) is 4.90 Å². The summed E-state index contributed by atoms with van der Waals surface area (Å²) in [5.41, 5.74) is 9.43. The van der Waals surface area contributed by atoms with Crippen LogP contribution in [0, 0.1) is 5.82 Å². The Morgan fingerprint density at radius 3 is 2.61 bits per heavy atom. The third kappa shape index (κ3) is 3.41. The zero-order chi connectivity index (χ0) is 18.9. The monoisotopic (exact) mass is 369 g/mol. The van der Waals surface area contributed by atoms with Crippen molar-refractivity contribution < 1.29 is 4.39 Å². The van der Waals surface area contributed by atoms with E-state index in [-0.39, 0.29) is 5.82 Å². The number of hydrogen-bond acceptors (Lipinski definition) is 1. The summed E-state index contributed by atoms with van der Waals surface area (Å²) in [7, 11) is 0. The molecule has 1 aliphatic carbocycles. The van der Waals surface area contributed by atoms with E-state index in [0.717, 1.165) is 44.5 Å². The van der Waals surface area contributed by atoms with Crippen molar-refractivity contribution in [1.29, 1.82) is 0 Å². The van der Waals surface area contributed by atoms with E-state index in [0.29, 0.717) is 0 Å². The molecule has 1 heterocycles. The van der Waals surface area contributed by atoms with Gasteiger partial charge in [0.05, 0.1) is 0 Å². The topological polar surface area (TPSA) is 3.24 Å². The zero-order valence-electron chi connectivity index (χ0n) is 16.0. The molecule has 5 rings (SSSR count). The van der Waals surface area contributed by atoms with Gasteiger partial charge in [0.1, 0.15) is 5.82 Å². The summed E-state index contributed by atoms with van der Waals surface area (Å²) in [5, 5.41) is 0. The quantitative estimate of drug-likeness (QED) is 0.444. The largest absolute Gasteiger partial charge is 0.299 e. The van der Waals surface area contributed by atoms with Gasteiger partial charge in [-0.15, -0.1) is 0 Å². The Bertz CT molecular complexity index is 1050. The summed E-state index contributed by atoms with van der Waals surface area (Å²) in [6.07, 6.45) is 5.39. The van der Waals surface area contributed by atoms with Crippen molar-refractivity contribution in [3.05, 3.63) is 101 Å². The number of fused-ring (bicyclic) bond motifs is 3. The molecule has 0 atom stereocenters. The van der Waals surface area contributed by atoms with Gasteiger partial charge in [-0.25, -0.2) is 4.39 Å². The van der Waals surface area contributed by atoms with Gasteiger partial charge in [-0.2, -0.15) is 0 Å². The lowest BCUT2D eigenvalue weighted by Gasteiger charge is -2.26. The number of benzene rings is 3. The smallest absolute Gasteiger partial charge is 0.123 e. The maximum Gasteiger partial charge on any atom is 0.123 e. The molecule has 0 aromatic heterocycles. The van der Waals surface area contributed by atoms with E-state index < -0.39 is 0 Å². The molecular weight excluding hydrogens is 345 g/mol. The molecule has 0 unspecified atom stereocenters. The van der Waals surface area contributed by atoms with Gasteiger partial charge in [0.2, 0.25) is 0 Å². The van der Waals surface area contributed by atoms with Crippen molar-refractivity contribution in [2.24, 2.45) is 0 Å². The first-order chi connectivity index (χ1) is 13.8. The summed E-state index contributed by atoms with van der Waals surface area (Å²) in [4.78, 5) is 2.49. The Labute approximate surface area is 166 Å². The van der Waals surface area contributed by atoms with Crippen LogP contribution in [-0.4, -0.2) is 24.5 Å². The van der Waals surface area contributed by atoms with E-state index in [1.165, 1.54) is 39.5 Å². The van der Waals surface area contributed by atoms with Crippen molar-refractivity contribution in [2.75, 3.05) is 19.6 Å². The Kier molecular flexibility index (Phi) is 4.58. The molecule has 1 aliphatic heterocycles. The van der Waals surface area contributed by atoms with Crippen LogP contribution in [0.2, 0.25) is 0 Å². The van der Waals surface area contributed by atoms with Crippen molar-refractivity contribution in [3.63, 3.8) is 0 Å². The molecule has 0 fully saturated rings. The highest BCUT2D eigenvalue weighted by Gasteiger charge is 2.18. The minimum Gasteiger partial charge on any atom is -0.299 e. The molecule has 3 aromatic carbocycles. The molecule has 28 heavy (non-hydrogen) atoms. The Hall–Kier alpha value is -2.71. The van der Waals surface area contributed by atoms with Gasteiger partial charge in [-0.3, -0.25) is 4.90 Å². The predicted molar refractivity (Wildman–Crippen MR) is 114 cm³/mol. The van der Waals surface area contributed by atoms with Crippen LogP contribution in [0.15, 0.2) is 72.8 Å². The van der Waals surface area contributed by atoms with Crippen LogP contribution in [0.4, 0.5) is 4.39 Å². The fourth-order valence-corrected chi connectivity index (χ4v) is 4.51. The summed E-state index contributed by atoms with van der Waals surface area (Å²) in [6, 6.07) is 22.7. The molecule has 0 amide bonds. The zero-order valence-corrected chi connectivity index (χ0v) is 16.0. The maximum absolute atomic E-state index is 13.5. The molecular formula is C26H24FN. The molecule has 3 aromatic rings. The van der Waals surface area contributed by atoms with Gasteiger partial charge in [0.15, 0.2) is 0 Å². The fraction of sp³-hybridized carbons (Fsp3) is 0.231. The Morgan fingerprint density at radius 2 is 1.75 bits per heavy atom. The third-order valence-corrected chi connectivity index (χ3v) is 6.06. The second-order valence-electron chi connectivity index (χ2n) is 7.87. The average Bonchev–Trinajstić information content (AvgIpc) is 3.10. The highest BCUT2D eigenvalue weighted by atomic mass is 19.1. The van der Waals surface area contributed by atoms with E-state index in [9.17, 15) is 4.39 Å². The minimum atomic E-state index is -0.153. The summed E-state index contributed by atoms with van der Waals surface area (Å²) in [6.45, 7) is 3.06. The van der Waals surface area contributed by atoms with Crippen LogP contribution in [-0.2, 0) is 12.8 Å². The van der Waals surface area contributed by atoms with Crippen LogP contribution >= 0.6 is 0 Å². The molecule has 0 saturated heterocycles. The Balaban J connectivity index is 1.22. The number of nitrogens with zero attached hydrogens (tertiary/aromatic N) is 1. The number of rotatable bonds is 4. The first-order valence-electron chi connectivity index (χ1n) is 10.1. The third-order valence-electron chi connectivity index (χ3n) is 6.06. The molecule has 140 valence electrons. The molecule has 0 saturated carbocycles. The van der Waals surface area contributed by atoms with Crippen molar-refractivity contribution in [3.8, 4) is 11.1 Å². The fourth-order valence-electron chi connectivity index (χ4n) is 4.51. The lowest BCUT2D eigenvalue weighted by atomic mass is 9.98. The first-order valence-corrected chi connectivity index (χ1v) is 10.1. The van der Waals surface area contributed by atoms with Crippen LogP contribution in [0.25, 0.3) is 16.7 Å². The van der Waals surface area contributed by atoms with E-state index >= 15 is 0 Å². The first kappa shape index (κ1) is 17.4. The second-order valence-corrected chi connectivity index (χ2v) is 7.87. The lowest BCUT2D eigenvalue weighted by Crippen LogP contribution is -2.30. The molecule has 0 spiro atoms. The second kappa shape index (κ2) is 7.37. The van der Waals surface area contributed by atoms with E-state index in [1.54, 1.807) is 12.1 Å². The Morgan fingerprint density at radius 1 is 0.857 bits per heavy atom. The summed E-state index contributed by atoms with van der Waals surface area (Å²) >= 11 is 0. The molecule has 0 radical (unpaired) electrons. The van der Waals surface area contributed by atoms with Crippen molar-refractivity contribution in [2.45, 2.75) is 19.3 Å². The van der Waals surface area contributed by atoms with Gasteiger partial charge in [0, 0.05) is 19.6 Å². The molecule has 0 N–H and O–H groups in total. The number of hydrogen-bond donors (Lipinski definition) is 0. The molecule has 1 nitrogen and oxygen atoms in total. The van der Waals surface area contributed by atoms with Crippen molar-refractivity contribution >= 4 is 5.57 Å². The van der Waals surface area contributed by atoms with Crippen LogP contribution in [0.1, 0.15) is 28.7 Å². The van der Waals surface area contributed by atoms with E-state index in [1.807, 2.05) is 6.07 Å². The maximum atomic E-state index is 13.5. The van der Waals surface area contributed by atoms with Crippen LogP contribution in [0.3, 0.4) is 0 Å². The normalized spacial score (nSPS) is 15.8. The average molecular weight is 369 g/mol. The van der Waals surface area contributed by atoms with Gasteiger partial charge < -0.3 is 0 Å². The SMILES string of the molecule is Fc1cccc(C2=CCN(CCc3ccc4c(c3)Cc3ccccc3-4)CC2)c1. The summed E-state index contributed by atoms with van der Waals surface area (Å²) in [5.74, 6) is -0.153. The van der Waals surface area contributed by atoms with Crippen LogP contribution in [0.5, 0.6) is 0 Å². The highest BCUT2D eigenvalue weighted by molar-refractivity contribution is 5.76. The minimum absolute atomic E-state index is 0.153. The van der Waals surface area contributed by atoms with Gasteiger partial charge in [0.25, 0.3) is 0 Å². The number of halogens is 1. The molecule has 0 bridgehead atoms. The van der Waals surface area contributed by atoms with E-state index in [2.05, 4.69) is 53.4 Å². The van der Waals surface area contributed by atoms with Gasteiger partial charge >= 0.3 is 0 Å².